The molecule has 0 spiro atoms. The van der Waals surface area contributed by atoms with Gasteiger partial charge in [-0.2, -0.15) is 4.98 Å². The van der Waals surface area contributed by atoms with Gasteiger partial charge in [0.2, 0.25) is 5.95 Å². The fraction of sp³-hybridized carbons (Fsp3) is 0.375. The van der Waals surface area contributed by atoms with Gasteiger partial charge in [0.1, 0.15) is 11.6 Å². The summed E-state index contributed by atoms with van der Waals surface area (Å²) in [4.78, 5) is 13.1. The standard InChI is InChI=1S/C16H21N5O/c1-12-11-15(19-16(17)18-12)21-9-7-20(8-10-21)13-5-3-4-6-14(13)22-2/h3-6,11H,7-10H2,1-2H3,(H2,17,18,19). The Labute approximate surface area is 130 Å². The number of benzene rings is 1. The number of nitrogens with zero attached hydrogens (tertiary/aromatic N) is 4. The van der Waals surface area contributed by atoms with E-state index in [1.165, 1.54) is 0 Å². The van der Waals surface area contributed by atoms with Crippen molar-refractivity contribution in [1.29, 1.82) is 0 Å². The molecule has 6 nitrogen and oxygen atoms in total. The lowest BCUT2D eigenvalue weighted by Gasteiger charge is -2.37. The summed E-state index contributed by atoms with van der Waals surface area (Å²) < 4.78 is 5.45. The van der Waals surface area contributed by atoms with Crippen LogP contribution >= 0.6 is 0 Å². The molecule has 0 bridgehead atoms. The van der Waals surface area contributed by atoms with E-state index in [0.717, 1.165) is 49.1 Å². The van der Waals surface area contributed by atoms with Crippen LogP contribution in [0.3, 0.4) is 0 Å². The van der Waals surface area contributed by atoms with Gasteiger partial charge < -0.3 is 20.3 Å². The van der Waals surface area contributed by atoms with Crippen LogP contribution in [-0.2, 0) is 0 Å². The van der Waals surface area contributed by atoms with E-state index in [1.807, 2.05) is 31.2 Å². The molecule has 1 fully saturated rings. The number of methoxy groups -OCH3 is 1. The van der Waals surface area contributed by atoms with Crippen molar-refractivity contribution < 1.29 is 4.74 Å². The van der Waals surface area contributed by atoms with Crippen molar-refractivity contribution in [1.82, 2.24) is 9.97 Å². The second kappa shape index (κ2) is 6.09. The summed E-state index contributed by atoms with van der Waals surface area (Å²) in [5, 5.41) is 0. The van der Waals surface area contributed by atoms with Crippen LogP contribution < -0.4 is 20.3 Å². The van der Waals surface area contributed by atoms with Crippen LogP contribution in [0.5, 0.6) is 5.75 Å². The van der Waals surface area contributed by atoms with E-state index in [9.17, 15) is 0 Å². The van der Waals surface area contributed by atoms with Gasteiger partial charge in [-0.1, -0.05) is 12.1 Å². The first kappa shape index (κ1) is 14.4. The topological polar surface area (TPSA) is 67.5 Å². The number of rotatable bonds is 3. The molecule has 2 N–H and O–H groups in total. The van der Waals surface area contributed by atoms with Crippen LogP contribution in [0.2, 0.25) is 0 Å². The number of hydrogen-bond acceptors (Lipinski definition) is 6. The van der Waals surface area contributed by atoms with Crippen LogP contribution in [0, 0.1) is 6.92 Å². The fourth-order valence-corrected chi connectivity index (χ4v) is 2.80. The van der Waals surface area contributed by atoms with Crippen LogP contribution in [-0.4, -0.2) is 43.3 Å². The van der Waals surface area contributed by atoms with Crippen LogP contribution in [0.1, 0.15) is 5.69 Å². The summed E-state index contributed by atoms with van der Waals surface area (Å²) in [6.45, 7) is 5.57. The Bertz CT molecular complexity index is 632. The van der Waals surface area contributed by atoms with Gasteiger partial charge in [-0.05, 0) is 19.1 Å². The number of nitrogen functional groups attached to an aromatic ring is 1. The molecule has 1 aliphatic heterocycles. The van der Waals surface area contributed by atoms with Gasteiger partial charge in [0.05, 0.1) is 12.8 Å². The van der Waals surface area contributed by atoms with E-state index >= 15 is 0 Å². The van der Waals surface area contributed by atoms with Crippen molar-refractivity contribution in [2.24, 2.45) is 0 Å². The van der Waals surface area contributed by atoms with E-state index in [4.69, 9.17) is 10.5 Å². The number of anilines is 3. The van der Waals surface area contributed by atoms with Crippen molar-refractivity contribution >= 4 is 17.5 Å². The number of piperazine rings is 1. The van der Waals surface area contributed by atoms with Gasteiger partial charge in [-0.25, -0.2) is 4.98 Å². The highest BCUT2D eigenvalue weighted by molar-refractivity contribution is 5.59. The molecule has 0 saturated carbocycles. The maximum atomic E-state index is 5.75. The average molecular weight is 299 g/mol. The molecule has 1 aliphatic rings. The molecular formula is C16H21N5O. The van der Waals surface area contributed by atoms with Crippen molar-refractivity contribution in [2.75, 3.05) is 48.8 Å². The van der Waals surface area contributed by atoms with Gasteiger partial charge in [0, 0.05) is 37.9 Å². The van der Waals surface area contributed by atoms with Gasteiger partial charge in [0.15, 0.2) is 0 Å². The monoisotopic (exact) mass is 299 g/mol. The summed E-state index contributed by atoms with van der Waals surface area (Å²) in [7, 11) is 1.71. The van der Waals surface area contributed by atoms with Gasteiger partial charge >= 0.3 is 0 Å². The quantitative estimate of drug-likeness (QED) is 0.930. The molecule has 22 heavy (non-hydrogen) atoms. The maximum absolute atomic E-state index is 5.75. The lowest BCUT2D eigenvalue weighted by Crippen LogP contribution is -2.47. The van der Waals surface area contributed by atoms with Gasteiger partial charge in [0.25, 0.3) is 0 Å². The van der Waals surface area contributed by atoms with Crippen molar-refractivity contribution in [2.45, 2.75) is 6.92 Å². The highest BCUT2D eigenvalue weighted by Gasteiger charge is 2.20. The normalized spacial score (nSPS) is 15.0. The van der Waals surface area contributed by atoms with E-state index in [-0.39, 0.29) is 0 Å². The third-order valence-corrected chi connectivity index (χ3v) is 3.89. The van der Waals surface area contributed by atoms with Crippen molar-refractivity contribution in [3.8, 4) is 5.75 Å². The highest BCUT2D eigenvalue weighted by atomic mass is 16.5. The number of para-hydroxylation sites is 2. The van der Waals surface area contributed by atoms with E-state index in [2.05, 4.69) is 25.8 Å². The number of ether oxygens (including phenoxy) is 1. The van der Waals surface area contributed by atoms with Crippen molar-refractivity contribution in [3.63, 3.8) is 0 Å². The zero-order valence-corrected chi connectivity index (χ0v) is 13.0. The smallest absolute Gasteiger partial charge is 0.222 e. The summed E-state index contributed by atoms with van der Waals surface area (Å²) >= 11 is 0. The molecule has 2 heterocycles. The maximum Gasteiger partial charge on any atom is 0.222 e. The van der Waals surface area contributed by atoms with Crippen LogP contribution in [0.4, 0.5) is 17.5 Å². The Kier molecular flexibility index (Phi) is 4.00. The van der Waals surface area contributed by atoms with E-state index in [0.29, 0.717) is 5.95 Å². The fourth-order valence-electron chi connectivity index (χ4n) is 2.80. The third kappa shape index (κ3) is 2.90. The first-order chi connectivity index (χ1) is 10.7. The minimum Gasteiger partial charge on any atom is -0.495 e. The Balaban J connectivity index is 1.72. The molecular weight excluding hydrogens is 278 g/mol. The molecule has 1 saturated heterocycles. The molecule has 6 heteroatoms. The van der Waals surface area contributed by atoms with Crippen molar-refractivity contribution in [3.05, 3.63) is 36.0 Å². The average Bonchev–Trinajstić information content (AvgIpc) is 2.54. The largest absolute Gasteiger partial charge is 0.495 e. The number of nitrogens with two attached hydrogens (primary N) is 1. The molecule has 116 valence electrons. The number of aryl methyl sites for hydroxylation is 1. The van der Waals surface area contributed by atoms with Gasteiger partial charge in [-0.15, -0.1) is 0 Å². The molecule has 2 aromatic rings. The predicted molar refractivity (Wildman–Crippen MR) is 88.6 cm³/mol. The number of hydrogen-bond donors (Lipinski definition) is 1. The molecule has 3 rings (SSSR count). The molecule has 0 amide bonds. The first-order valence-electron chi connectivity index (χ1n) is 7.41. The Hall–Kier alpha value is -2.50. The molecule has 1 aromatic heterocycles. The molecule has 0 unspecified atom stereocenters. The Morgan fingerprint density at radius 2 is 1.73 bits per heavy atom. The molecule has 1 aromatic carbocycles. The minimum absolute atomic E-state index is 0.335. The second-order valence-electron chi connectivity index (χ2n) is 5.37. The summed E-state index contributed by atoms with van der Waals surface area (Å²) in [5.74, 6) is 2.16. The predicted octanol–water partition coefficient (Wildman–Crippen LogP) is 1.70. The summed E-state index contributed by atoms with van der Waals surface area (Å²) in [5.41, 5.74) is 7.79. The zero-order valence-electron chi connectivity index (χ0n) is 13.0. The van der Waals surface area contributed by atoms with Crippen LogP contribution in [0.25, 0.3) is 0 Å². The SMILES string of the molecule is COc1ccccc1N1CCN(c2cc(C)nc(N)n2)CC1. The zero-order chi connectivity index (χ0) is 15.5. The van der Waals surface area contributed by atoms with Gasteiger partial charge in [-0.3, -0.25) is 0 Å². The first-order valence-corrected chi connectivity index (χ1v) is 7.41. The third-order valence-electron chi connectivity index (χ3n) is 3.89. The van der Waals surface area contributed by atoms with E-state index < -0.39 is 0 Å². The molecule has 0 atom stereocenters. The van der Waals surface area contributed by atoms with E-state index in [1.54, 1.807) is 7.11 Å². The number of aromatic nitrogens is 2. The molecule has 0 aliphatic carbocycles. The molecule has 0 radical (unpaired) electrons. The Morgan fingerprint density at radius 3 is 2.41 bits per heavy atom. The lowest BCUT2D eigenvalue weighted by atomic mass is 10.2. The second-order valence-corrected chi connectivity index (χ2v) is 5.37. The summed E-state index contributed by atoms with van der Waals surface area (Å²) in [6.07, 6.45) is 0. The lowest BCUT2D eigenvalue weighted by molar-refractivity contribution is 0.413. The van der Waals surface area contributed by atoms with Crippen LogP contribution in [0.15, 0.2) is 30.3 Å². The minimum atomic E-state index is 0.335. The highest BCUT2D eigenvalue weighted by Crippen LogP contribution is 2.29. The Morgan fingerprint density at radius 1 is 1.05 bits per heavy atom. The summed E-state index contributed by atoms with van der Waals surface area (Å²) in [6, 6.07) is 10.1.